The molecule has 1 heterocycles. The van der Waals surface area contributed by atoms with E-state index in [9.17, 15) is 14.7 Å². The summed E-state index contributed by atoms with van der Waals surface area (Å²) in [4.78, 5) is 24.2. The highest BCUT2D eigenvalue weighted by atomic mass is 32.1. The van der Waals surface area contributed by atoms with Crippen LogP contribution in [0.5, 0.6) is 0 Å². The number of amides is 1. The number of rotatable bonds is 4. The van der Waals surface area contributed by atoms with Gasteiger partial charge in [-0.2, -0.15) is 0 Å². The Bertz CT molecular complexity index is 942. The van der Waals surface area contributed by atoms with E-state index in [0.717, 1.165) is 16.7 Å². The third-order valence-electron chi connectivity index (χ3n) is 3.97. The summed E-state index contributed by atoms with van der Waals surface area (Å²) < 4.78 is 0. The number of nitrogens with one attached hydrogen (secondary N) is 1. The van der Waals surface area contributed by atoms with Crippen LogP contribution in [0.25, 0.3) is 11.1 Å². The van der Waals surface area contributed by atoms with Crippen molar-refractivity contribution in [3.8, 4) is 11.1 Å². The molecule has 0 bridgehead atoms. The van der Waals surface area contributed by atoms with Crippen LogP contribution in [-0.2, 0) is 0 Å². The summed E-state index contributed by atoms with van der Waals surface area (Å²) in [6.07, 6.45) is 0. The Balaban J connectivity index is 1.98. The van der Waals surface area contributed by atoms with E-state index in [0.29, 0.717) is 11.1 Å². The van der Waals surface area contributed by atoms with E-state index in [-0.39, 0.29) is 16.5 Å². The third-order valence-corrected chi connectivity index (χ3v) is 4.87. The molecule has 0 aliphatic carbocycles. The number of carboxylic acid groups (broad SMARTS) is 1. The Kier molecular flexibility index (Phi) is 4.67. The summed E-state index contributed by atoms with van der Waals surface area (Å²) in [5.74, 6) is -1.64. The zero-order valence-electron chi connectivity index (χ0n) is 13.8. The minimum atomic E-state index is -1.31. The smallest absolute Gasteiger partial charge is 0.256 e. The Labute approximate surface area is 149 Å². The number of carbonyl (C=O) groups is 2. The van der Waals surface area contributed by atoms with E-state index in [1.54, 1.807) is 17.5 Å². The van der Waals surface area contributed by atoms with E-state index < -0.39 is 5.97 Å². The van der Waals surface area contributed by atoms with Crippen molar-refractivity contribution in [3.05, 3.63) is 76.2 Å². The number of aryl methyl sites for hydroxylation is 2. The molecule has 3 rings (SSSR count). The van der Waals surface area contributed by atoms with E-state index >= 15 is 0 Å². The SMILES string of the molecule is Cc1ccc(-c2csc(NC(=O)c3ccccc3C)c2C(=O)[O-])cc1. The Hall–Kier alpha value is -2.92. The lowest BCUT2D eigenvalue weighted by atomic mass is 10.0. The maximum Gasteiger partial charge on any atom is 0.256 e. The van der Waals surface area contributed by atoms with Gasteiger partial charge in [0.05, 0.1) is 5.97 Å². The molecule has 0 saturated heterocycles. The predicted octanol–water partition coefficient (Wildman–Crippen LogP) is 3.65. The van der Waals surface area contributed by atoms with Crippen molar-refractivity contribution in [1.82, 2.24) is 0 Å². The second kappa shape index (κ2) is 6.91. The van der Waals surface area contributed by atoms with Crippen molar-refractivity contribution in [3.63, 3.8) is 0 Å². The van der Waals surface area contributed by atoms with Gasteiger partial charge in [-0.3, -0.25) is 4.79 Å². The predicted molar refractivity (Wildman–Crippen MR) is 98.0 cm³/mol. The molecule has 1 aromatic heterocycles. The summed E-state index contributed by atoms with van der Waals surface area (Å²) in [6.45, 7) is 3.80. The summed E-state index contributed by atoms with van der Waals surface area (Å²) in [7, 11) is 0. The molecule has 25 heavy (non-hydrogen) atoms. The molecule has 0 aliphatic rings. The van der Waals surface area contributed by atoms with Gasteiger partial charge in [-0.1, -0.05) is 48.0 Å². The van der Waals surface area contributed by atoms with Crippen molar-refractivity contribution in [1.29, 1.82) is 0 Å². The molecule has 3 aromatic rings. The van der Waals surface area contributed by atoms with Gasteiger partial charge in [-0.15, -0.1) is 11.3 Å². The first-order valence-electron chi connectivity index (χ1n) is 7.74. The number of carboxylic acids is 1. The van der Waals surface area contributed by atoms with Crippen LogP contribution in [0.2, 0.25) is 0 Å². The van der Waals surface area contributed by atoms with Crippen molar-refractivity contribution in [2.75, 3.05) is 5.32 Å². The van der Waals surface area contributed by atoms with Gasteiger partial charge in [0.2, 0.25) is 0 Å². The standard InChI is InChI=1S/C20H17NO3S/c1-12-7-9-14(10-8-12)16-11-25-19(17(16)20(23)24)21-18(22)15-6-4-3-5-13(15)2/h3-11H,1-2H3,(H,21,22)(H,23,24)/p-1. The normalized spacial score (nSPS) is 10.5. The molecular weight excluding hydrogens is 334 g/mol. The molecular formula is C20H16NO3S-. The summed E-state index contributed by atoms with van der Waals surface area (Å²) >= 11 is 1.18. The molecule has 126 valence electrons. The first-order valence-corrected chi connectivity index (χ1v) is 8.62. The molecule has 0 saturated carbocycles. The van der Waals surface area contributed by atoms with Gasteiger partial charge in [-0.05, 0) is 31.0 Å². The fourth-order valence-electron chi connectivity index (χ4n) is 2.60. The minimum absolute atomic E-state index is 0.00999. The van der Waals surface area contributed by atoms with E-state index in [1.165, 1.54) is 11.3 Å². The molecule has 0 radical (unpaired) electrons. The second-order valence-electron chi connectivity index (χ2n) is 5.78. The number of hydrogen-bond acceptors (Lipinski definition) is 4. The van der Waals surface area contributed by atoms with Crippen LogP contribution in [0.1, 0.15) is 31.8 Å². The van der Waals surface area contributed by atoms with Crippen LogP contribution in [0.3, 0.4) is 0 Å². The summed E-state index contributed by atoms with van der Waals surface area (Å²) in [5.41, 5.74) is 3.75. The fourth-order valence-corrected chi connectivity index (χ4v) is 3.55. The number of carbonyl (C=O) groups excluding carboxylic acids is 2. The lowest BCUT2D eigenvalue weighted by Gasteiger charge is -2.11. The highest BCUT2D eigenvalue weighted by Gasteiger charge is 2.17. The quantitative estimate of drug-likeness (QED) is 0.781. The highest BCUT2D eigenvalue weighted by molar-refractivity contribution is 7.15. The van der Waals surface area contributed by atoms with Crippen molar-refractivity contribution >= 4 is 28.2 Å². The van der Waals surface area contributed by atoms with Gasteiger partial charge >= 0.3 is 0 Å². The van der Waals surface area contributed by atoms with Gasteiger partial charge in [0.25, 0.3) is 5.91 Å². The van der Waals surface area contributed by atoms with Crippen molar-refractivity contribution in [2.45, 2.75) is 13.8 Å². The molecule has 5 heteroatoms. The summed E-state index contributed by atoms with van der Waals surface area (Å²) in [6, 6.07) is 14.7. The zero-order chi connectivity index (χ0) is 18.0. The molecule has 4 nitrogen and oxygen atoms in total. The fraction of sp³-hybridized carbons (Fsp3) is 0.100. The first kappa shape index (κ1) is 16.9. The third kappa shape index (κ3) is 3.46. The molecule has 0 spiro atoms. The van der Waals surface area contributed by atoms with Crippen LogP contribution < -0.4 is 10.4 Å². The Morgan fingerprint density at radius 2 is 1.68 bits per heavy atom. The molecule has 0 aliphatic heterocycles. The molecule has 1 amide bonds. The Morgan fingerprint density at radius 1 is 1.00 bits per heavy atom. The van der Waals surface area contributed by atoms with Crippen molar-refractivity contribution in [2.24, 2.45) is 0 Å². The first-order chi connectivity index (χ1) is 12.0. The molecule has 0 atom stereocenters. The molecule has 0 unspecified atom stereocenters. The lowest BCUT2D eigenvalue weighted by molar-refractivity contribution is -0.254. The van der Waals surface area contributed by atoms with Crippen LogP contribution >= 0.6 is 11.3 Å². The number of anilines is 1. The Morgan fingerprint density at radius 3 is 2.32 bits per heavy atom. The van der Waals surface area contributed by atoms with Crippen LogP contribution in [0.4, 0.5) is 5.00 Å². The van der Waals surface area contributed by atoms with Gasteiger partial charge in [-0.25, -0.2) is 0 Å². The topological polar surface area (TPSA) is 69.2 Å². The lowest BCUT2D eigenvalue weighted by Crippen LogP contribution is -2.24. The molecule has 2 aromatic carbocycles. The van der Waals surface area contributed by atoms with Crippen LogP contribution in [-0.4, -0.2) is 11.9 Å². The number of benzene rings is 2. The second-order valence-corrected chi connectivity index (χ2v) is 6.66. The number of thiophene rings is 1. The highest BCUT2D eigenvalue weighted by Crippen LogP contribution is 2.35. The molecule has 1 N–H and O–H groups in total. The van der Waals surface area contributed by atoms with Gasteiger partial charge in [0.1, 0.15) is 5.00 Å². The number of hydrogen-bond donors (Lipinski definition) is 1. The molecule has 0 fully saturated rings. The van der Waals surface area contributed by atoms with E-state index in [2.05, 4.69) is 5.32 Å². The maximum atomic E-state index is 12.5. The average molecular weight is 350 g/mol. The zero-order valence-corrected chi connectivity index (χ0v) is 14.6. The monoisotopic (exact) mass is 350 g/mol. The average Bonchev–Trinajstić information content (AvgIpc) is 2.99. The van der Waals surface area contributed by atoms with Gasteiger partial charge in [0.15, 0.2) is 0 Å². The van der Waals surface area contributed by atoms with Crippen LogP contribution in [0.15, 0.2) is 53.9 Å². The minimum Gasteiger partial charge on any atom is -0.545 e. The summed E-state index contributed by atoms with van der Waals surface area (Å²) in [5, 5.41) is 16.4. The largest absolute Gasteiger partial charge is 0.545 e. The van der Waals surface area contributed by atoms with E-state index in [4.69, 9.17) is 0 Å². The van der Waals surface area contributed by atoms with Gasteiger partial charge < -0.3 is 15.2 Å². The van der Waals surface area contributed by atoms with Crippen molar-refractivity contribution < 1.29 is 14.7 Å². The number of aromatic carboxylic acids is 1. The van der Waals surface area contributed by atoms with E-state index in [1.807, 2.05) is 50.2 Å². The van der Waals surface area contributed by atoms with Gasteiger partial charge in [0, 0.05) is 22.1 Å². The van der Waals surface area contributed by atoms with Crippen LogP contribution in [0, 0.1) is 13.8 Å². The maximum absolute atomic E-state index is 12.5.